The highest BCUT2D eigenvalue weighted by atomic mass is 28.4. The average molecular weight is 688 g/mol. The predicted molar refractivity (Wildman–Crippen MR) is 198 cm³/mol. The number of hydrogen-bond acceptors (Lipinski definition) is 6. The molecule has 2 amide bonds. The van der Waals surface area contributed by atoms with Crippen molar-refractivity contribution in [2.45, 2.75) is 129 Å². The molecule has 0 spiro atoms. The smallest absolute Gasteiger partial charge is 0.410 e. The van der Waals surface area contributed by atoms with E-state index in [9.17, 15) is 14.7 Å². The van der Waals surface area contributed by atoms with E-state index in [1.54, 1.807) is 38.2 Å². The number of rotatable bonds is 10. The first kappa shape index (κ1) is 38.3. The summed E-state index contributed by atoms with van der Waals surface area (Å²) in [5, 5.41) is 10.4. The van der Waals surface area contributed by atoms with Crippen LogP contribution in [0.5, 0.6) is 0 Å². The number of carbonyl (C=O) groups excluding carboxylic acids is 2. The maximum Gasteiger partial charge on any atom is 0.410 e. The summed E-state index contributed by atoms with van der Waals surface area (Å²) in [6.07, 6.45) is 5.00. The third-order valence-electron chi connectivity index (χ3n) is 9.80. The molecule has 0 radical (unpaired) electrons. The van der Waals surface area contributed by atoms with Crippen LogP contribution < -0.4 is 0 Å². The Balaban J connectivity index is 1.56. The second-order valence-corrected chi connectivity index (χ2v) is 21.4. The van der Waals surface area contributed by atoms with E-state index >= 15 is 0 Å². The van der Waals surface area contributed by atoms with E-state index in [0.29, 0.717) is 24.1 Å². The summed E-state index contributed by atoms with van der Waals surface area (Å²) in [7, 11) is -0.454. The Morgan fingerprint density at radius 2 is 1.57 bits per heavy atom. The molecule has 0 aliphatic carbocycles. The van der Waals surface area contributed by atoms with Gasteiger partial charge in [-0.15, -0.1) is 0 Å². The molecule has 1 N–H and O–H groups in total. The summed E-state index contributed by atoms with van der Waals surface area (Å²) in [6, 6.07) is 19.6. The SMILES string of the molecule is CN(Cc1cncc(C(C)(C)O)c1)C(=O)c1ccc(CC2CCC(C(O[Si](C)(C)C(C)(C)C)c3ccccc3)N2C(=O)OC(C)(C)C)cc1. The highest BCUT2D eigenvalue weighted by molar-refractivity contribution is 6.74. The third kappa shape index (κ3) is 9.80. The predicted octanol–water partition coefficient (Wildman–Crippen LogP) is 8.65. The maximum absolute atomic E-state index is 14.0. The van der Waals surface area contributed by atoms with Crippen molar-refractivity contribution in [1.29, 1.82) is 0 Å². The minimum Gasteiger partial charge on any atom is -0.444 e. The Hall–Kier alpha value is -3.53. The zero-order valence-corrected chi connectivity index (χ0v) is 32.4. The fourth-order valence-electron chi connectivity index (χ4n) is 6.04. The van der Waals surface area contributed by atoms with Crippen molar-refractivity contribution < 1.29 is 23.9 Å². The van der Waals surface area contributed by atoms with Crippen molar-refractivity contribution in [2.24, 2.45) is 0 Å². The molecule has 2 aromatic carbocycles. The number of amides is 2. The van der Waals surface area contributed by atoms with Crippen molar-refractivity contribution >= 4 is 20.3 Å². The Bertz CT molecular complexity index is 1570. The van der Waals surface area contributed by atoms with Gasteiger partial charge in [0.05, 0.1) is 17.7 Å². The van der Waals surface area contributed by atoms with Crippen LogP contribution in [0.4, 0.5) is 4.79 Å². The highest BCUT2D eigenvalue weighted by Gasteiger charge is 2.47. The van der Waals surface area contributed by atoms with E-state index in [2.05, 4.69) is 51.0 Å². The minimum atomic E-state index is -2.22. The fraction of sp³-hybridized carbons (Fsp3) is 0.525. The molecule has 1 aliphatic rings. The van der Waals surface area contributed by atoms with Crippen LogP contribution in [-0.4, -0.2) is 64.9 Å². The number of benzene rings is 2. The number of carbonyl (C=O) groups is 2. The van der Waals surface area contributed by atoms with Crippen molar-refractivity contribution in [3.8, 4) is 0 Å². The van der Waals surface area contributed by atoms with Gasteiger partial charge in [-0.05, 0) is 107 Å². The van der Waals surface area contributed by atoms with Crippen molar-refractivity contribution in [3.63, 3.8) is 0 Å². The number of nitrogens with zero attached hydrogens (tertiary/aromatic N) is 3. The molecule has 49 heavy (non-hydrogen) atoms. The molecule has 1 saturated heterocycles. The normalized spacial score (nSPS) is 17.9. The van der Waals surface area contributed by atoms with E-state index in [1.807, 2.05) is 74.2 Å². The first-order chi connectivity index (χ1) is 22.7. The molecular formula is C40H57N3O5Si. The number of aliphatic hydroxyl groups is 1. The molecule has 266 valence electrons. The number of aromatic nitrogens is 1. The lowest BCUT2D eigenvalue weighted by Gasteiger charge is -2.43. The molecule has 3 unspecified atom stereocenters. The molecular weight excluding hydrogens is 631 g/mol. The first-order valence-corrected chi connectivity index (χ1v) is 20.3. The molecule has 0 bridgehead atoms. The topological polar surface area (TPSA) is 92.2 Å². The van der Waals surface area contributed by atoms with Gasteiger partial charge < -0.3 is 19.2 Å². The van der Waals surface area contributed by atoms with Crippen LogP contribution in [0, 0.1) is 0 Å². The Morgan fingerprint density at radius 1 is 0.939 bits per heavy atom. The second-order valence-electron chi connectivity index (χ2n) is 16.6. The minimum absolute atomic E-state index is 0.000689. The van der Waals surface area contributed by atoms with Crippen molar-refractivity contribution in [2.75, 3.05) is 7.05 Å². The largest absolute Gasteiger partial charge is 0.444 e. The van der Waals surface area contributed by atoms with Crippen LogP contribution in [0.15, 0.2) is 73.1 Å². The zero-order valence-electron chi connectivity index (χ0n) is 31.4. The molecule has 3 aromatic rings. The molecule has 4 rings (SSSR count). The van der Waals surface area contributed by atoms with Gasteiger partial charge in [-0.1, -0.05) is 63.2 Å². The summed E-state index contributed by atoms with van der Waals surface area (Å²) in [5.41, 5.74) is 2.58. The van der Waals surface area contributed by atoms with Crippen molar-refractivity contribution in [1.82, 2.24) is 14.8 Å². The van der Waals surface area contributed by atoms with Gasteiger partial charge in [0.2, 0.25) is 0 Å². The third-order valence-corrected chi connectivity index (χ3v) is 14.3. The van der Waals surface area contributed by atoms with E-state index in [-0.39, 0.29) is 35.2 Å². The van der Waals surface area contributed by atoms with Gasteiger partial charge in [0.1, 0.15) is 5.60 Å². The monoisotopic (exact) mass is 687 g/mol. The van der Waals surface area contributed by atoms with Crippen LogP contribution >= 0.6 is 0 Å². The van der Waals surface area contributed by atoms with Gasteiger partial charge in [0.25, 0.3) is 5.91 Å². The molecule has 3 atom stereocenters. The molecule has 9 heteroatoms. The van der Waals surface area contributed by atoms with Gasteiger partial charge in [-0.25, -0.2) is 4.79 Å². The number of pyridine rings is 1. The summed E-state index contributed by atoms with van der Waals surface area (Å²) < 4.78 is 13.2. The average Bonchev–Trinajstić information content (AvgIpc) is 3.42. The Morgan fingerprint density at radius 3 is 2.14 bits per heavy atom. The fourth-order valence-corrected chi connectivity index (χ4v) is 7.33. The van der Waals surface area contributed by atoms with E-state index in [0.717, 1.165) is 29.5 Å². The molecule has 1 fully saturated rings. The molecule has 2 heterocycles. The van der Waals surface area contributed by atoms with Crippen LogP contribution in [-0.2, 0) is 27.7 Å². The van der Waals surface area contributed by atoms with E-state index in [1.165, 1.54) is 0 Å². The van der Waals surface area contributed by atoms with Crippen LogP contribution in [0.3, 0.4) is 0 Å². The summed E-state index contributed by atoms with van der Waals surface area (Å²) >= 11 is 0. The second kappa shape index (κ2) is 14.8. The molecule has 8 nitrogen and oxygen atoms in total. The highest BCUT2D eigenvalue weighted by Crippen LogP contribution is 2.44. The number of hydrogen-bond donors (Lipinski definition) is 1. The summed E-state index contributed by atoms with van der Waals surface area (Å²) in [6.45, 7) is 20.7. The van der Waals surface area contributed by atoms with Gasteiger partial charge in [0.15, 0.2) is 8.32 Å². The zero-order chi connectivity index (χ0) is 36.4. The molecule has 1 aromatic heterocycles. The van der Waals surface area contributed by atoms with E-state index in [4.69, 9.17) is 9.16 Å². The summed E-state index contributed by atoms with van der Waals surface area (Å²) in [5.74, 6) is -0.106. The quantitative estimate of drug-likeness (QED) is 0.215. The van der Waals surface area contributed by atoms with Crippen LogP contribution in [0.2, 0.25) is 18.1 Å². The van der Waals surface area contributed by atoms with Gasteiger partial charge >= 0.3 is 6.09 Å². The van der Waals surface area contributed by atoms with E-state index < -0.39 is 19.5 Å². The molecule has 1 aliphatic heterocycles. The molecule has 0 saturated carbocycles. The van der Waals surface area contributed by atoms with Gasteiger partial charge in [-0.3, -0.25) is 14.7 Å². The number of ether oxygens (including phenoxy) is 1. The lowest BCUT2D eigenvalue weighted by atomic mass is 9.99. The lowest BCUT2D eigenvalue weighted by Crippen LogP contribution is -2.50. The van der Waals surface area contributed by atoms with Crippen LogP contribution in [0.1, 0.15) is 107 Å². The number of likely N-dealkylation sites (tertiary alicyclic amines) is 1. The lowest BCUT2D eigenvalue weighted by molar-refractivity contribution is -0.00239. The standard InChI is InChI=1S/C40H57N3O5Si/c1-38(2,3)47-37(45)43-33(21-22-34(43)35(30-15-13-12-14-16-30)48-49(10,11)39(4,5)6)24-28-17-19-31(20-18-28)36(44)42(9)27-29-23-32(26-41-25-29)40(7,8)46/h12-20,23,25-26,33-35,46H,21-22,24,27H2,1-11H3. The summed E-state index contributed by atoms with van der Waals surface area (Å²) in [4.78, 5) is 35.2. The maximum atomic E-state index is 14.0. The Kier molecular flexibility index (Phi) is 11.5. The first-order valence-electron chi connectivity index (χ1n) is 17.4. The van der Waals surface area contributed by atoms with Gasteiger partial charge in [0, 0.05) is 43.2 Å². The Labute approximate surface area is 295 Å². The van der Waals surface area contributed by atoms with Crippen LogP contribution in [0.25, 0.3) is 0 Å². The van der Waals surface area contributed by atoms with Crippen molar-refractivity contribution in [3.05, 3.63) is 101 Å². The van der Waals surface area contributed by atoms with Gasteiger partial charge in [-0.2, -0.15) is 0 Å².